The molecule has 1 aliphatic heterocycles. The number of hydrogen-bond donors (Lipinski definition) is 0. The lowest BCUT2D eigenvalue weighted by Gasteiger charge is -2.12. The van der Waals surface area contributed by atoms with Gasteiger partial charge in [-0.1, -0.05) is 23.7 Å². The highest BCUT2D eigenvalue weighted by Gasteiger charge is 2.31. The Bertz CT molecular complexity index is 1550. The highest BCUT2D eigenvalue weighted by molar-refractivity contribution is 6.31. The fraction of sp³-hybridized carbons (Fsp3) is 0.148. The molecule has 0 N–H and O–H groups in total. The Labute approximate surface area is 213 Å². The number of alkyl halides is 3. The average molecular weight is 525 g/mol. The van der Waals surface area contributed by atoms with Gasteiger partial charge in [0.1, 0.15) is 23.5 Å². The third kappa shape index (κ3) is 5.27. The molecule has 2 aromatic carbocycles. The number of nitrogens with zero attached hydrogens (tertiary/aromatic N) is 4. The number of carbonyl (C=O) groups is 1. The van der Waals surface area contributed by atoms with Crippen molar-refractivity contribution < 1.29 is 22.4 Å². The minimum absolute atomic E-state index is 0.0565. The van der Waals surface area contributed by atoms with Gasteiger partial charge in [-0.3, -0.25) is 14.8 Å². The maximum Gasteiger partial charge on any atom is 0.416 e. The van der Waals surface area contributed by atoms with E-state index >= 15 is 0 Å². The van der Waals surface area contributed by atoms with Crippen LogP contribution in [-0.2, 0) is 25.4 Å². The molecule has 0 fully saturated rings. The van der Waals surface area contributed by atoms with Gasteiger partial charge in [-0.2, -0.15) is 13.2 Å². The van der Waals surface area contributed by atoms with E-state index in [0.29, 0.717) is 35.5 Å². The number of aliphatic imine (C=N–C) groups is 1. The number of hydrogen-bond acceptors (Lipinski definition) is 5. The van der Waals surface area contributed by atoms with Gasteiger partial charge in [-0.25, -0.2) is 14.4 Å². The molecule has 1 aliphatic rings. The highest BCUT2D eigenvalue weighted by Crippen LogP contribution is 2.35. The van der Waals surface area contributed by atoms with Gasteiger partial charge >= 0.3 is 6.18 Å². The lowest BCUT2D eigenvalue weighted by Crippen LogP contribution is -2.10. The summed E-state index contributed by atoms with van der Waals surface area (Å²) in [5, 5.41) is -0.226. The molecular formula is C27H17ClF4N4O. The number of Topliss-reactive ketones (excluding diaryl/α,β-unsaturated/α-hetero) is 1. The Kier molecular flexibility index (Phi) is 6.55. The molecule has 0 spiro atoms. The second-order valence-corrected chi connectivity index (χ2v) is 8.90. The average Bonchev–Trinajstić information content (AvgIpc) is 3.35. The number of pyridine rings is 1. The fourth-order valence-corrected chi connectivity index (χ4v) is 4.41. The number of benzene rings is 2. The van der Waals surface area contributed by atoms with Crippen LogP contribution in [0.3, 0.4) is 0 Å². The predicted molar refractivity (Wildman–Crippen MR) is 131 cm³/mol. The van der Waals surface area contributed by atoms with Gasteiger partial charge in [0.2, 0.25) is 0 Å². The Morgan fingerprint density at radius 3 is 2.68 bits per heavy atom. The summed E-state index contributed by atoms with van der Waals surface area (Å²) < 4.78 is 54.0. The summed E-state index contributed by atoms with van der Waals surface area (Å²) in [5.41, 5.74) is 3.00. The van der Waals surface area contributed by atoms with Crippen molar-refractivity contribution in [3.05, 3.63) is 106 Å². The third-order valence-corrected chi connectivity index (χ3v) is 6.15. The van der Waals surface area contributed by atoms with Crippen molar-refractivity contribution >= 4 is 29.3 Å². The van der Waals surface area contributed by atoms with Crippen molar-refractivity contribution in [2.45, 2.75) is 25.4 Å². The van der Waals surface area contributed by atoms with Crippen LogP contribution in [0.2, 0.25) is 5.02 Å². The van der Waals surface area contributed by atoms with E-state index in [0.717, 1.165) is 29.5 Å². The van der Waals surface area contributed by atoms with Gasteiger partial charge in [0.15, 0.2) is 5.78 Å². The van der Waals surface area contributed by atoms with Crippen molar-refractivity contribution in [2.75, 3.05) is 0 Å². The lowest BCUT2D eigenvalue weighted by atomic mass is 9.96. The molecule has 0 bridgehead atoms. The van der Waals surface area contributed by atoms with Gasteiger partial charge in [0.05, 0.1) is 17.0 Å². The monoisotopic (exact) mass is 524 g/mol. The summed E-state index contributed by atoms with van der Waals surface area (Å²) in [6.45, 7) is 0. The van der Waals surface area contributed by atoms with Crippen LogP contribution in [-0.4, -0.2) is 26.9 Å². The van der Waals surface area contributed by atoms with Gasteiger partial charge < -0.3 is 0 Å². The van der Waals surface area contributed by atoms with Crippen molar-refractivity contribution in [1.29, 1.82) is 0 Å². The maximum atomic E-state index is 14.6. The SMILES string of the molecule is O=C(Cc1cc(Cc2ncccc2-c2ncnc3c2N=CC3)ccc1F)c1cc(Cl)cc(C(F)(F)F)c1. The number of aromatic nitrogens is 3. The Morgan fingerprint density at radius 1 is 1.03 bits per heavy atom. The molecule has 3 heterocycles. The molecule has 0 saturated heterocycles. The first-order chi connectivity index (χ1) is 17.7. The number of carbonyl (C=O) groups excluding carboxylic acids is 1. The van der Waals surface area contributed by atoms with Gasteiger partial charge in [0, 0.05) is 47.8 Å². The van der Waals surface area contributed by atoms with Crippen LogP contribution in [0.1, 0.15) is 38.4 Å². The molecule has 0 aliphatic carbocycles. The first-order valence-electron chi connectivity index (χ1n) is 11.2. The highest BCUT2D eigenvalue weighted by atomic mass is 35.5. The Hall–Kier alpha value is -3.98. The predicted octanol–water partition coefficient (Wildman–Crippen LogP) is 6.62. The van der Waals surface area contributed by atoms with E-state index in [2.05, 4.69) is 19.9 Å². The third-order valence-electron chi connectivity index (χ3n) is 5.93. The van der Waals surface area contributed by atoms with Crippen LogP contribution in [0.25, 0.3) is 11.3 Å². The van der Waals surface area contributed by atoms with E-state index in [1.807, 2.05) is 6.07 Å². The summed E-state index contributed by atoms with van der Waals surface area (Å²) in [7, 11) is 0. The minimum atomic E-state index is -4.67. The molecule has 5 nitrogen and oxygen atoms in total. The van der Waals surface area contributed by atoms with E-state index in [1.165, 1.54) is 18.5 Å². The van der Waals surface area contributed by atoms with Gasteiger partial charge in [-0.05, 0) is 47.5 Å². The van der Waals surface area contributed by atoms with Crippen LogP contribution >= 0.6 is 11.6 Å². The number of rotatable bonds is 6. The lowest BCUT2D eigenvalue weighted by molar-refractivity contribution is -0.137. The molecule has 0 atom stereocenters. The molecule has 0 amide bonds. The maximum absolute atomic E-state index is 14.6. The zero-order chi connectivity index (χ0) is 26.2. The van der Waals surface area contributed by atoms with Gasteiger partial charge in [-0.15, -0.1) is 0 Å². The van der Waals surface area contributed by atoms with E-state index < -0.39 is 29.8 Å². The molecule has 2 aromatic heterocycles. The van der Waals surface area contributed by atoms with Crippen molar-refractivity contribution in [3.63, 3.8) is 0 Å². The van der Waals surface area contributed by atoms with Crippen LogP contribution in [0.15, 0.2) is 66.0 Å². The molecule has 4 aromatic rings. The molecule has 0 saturated carbocycles. The summed E-state index contributed by atoms with van der Waals surface area (Å²) in [6.07, 6.45) is 0.694. The van der Waals surface area contributed by atoms with Crippen LogP contribution in [0, 0.1) is 5.82 Å². The summed E-state index contributed by atoms with van der Waals surface area (Å²) in [4.78, 5) is 30.3. The molecule has 10 heteroatoms. The molecule has 0 unspecified atom stereocenters. The van der Waals surface area contributed by atoms with Crippen LogP contribution in [0.4, 0.5) is 23.2 Å². The number of fused-ring (bicyclic) bond motifs is 1. The zero-order valence-corrected chi connectivity index (χ0v) is 19.8. The zero-order valence-electron chi connectivity index (χ0n) is 19.1. The largest absolute Gasteiger partial charge is 0.416 e. The molecule has 5 rings (SSSR count). The topological polar surface area (TPSA) is 68.1 Å². The first-order valence-corrected chi connectivity index (χ1v) is 11.6. The summed E-state index contributed by atoms with van der Waals surface area (Å²) in [5.74, 6) is -1.32. The van der Waals surface area contributed by atoms with E-state index in [9.17, 15) is 22.4 Å². The normalized spacial score (nSPS) is 12.6. The number of halogens is 5. The standard InChI is InChI=1S/C27H17ClF4N4O/c28-19-11-17(10-18(13-19)27(30,31)32)24(37)12-16-8-15(3-4-21(16)29)9-23-20(2-1-6-33-23)25-26-22(5-7-34-26)35-14-36-25/h1-4,6-8,10-11,13-14H,5,9,12H2. The quantitative estimate of drug-likeness (QED) is 0.210. The molecule has 37 heavy (non-hydrogen) atoms. The second-order valence-electron chi connectivity index (χ2n) is 8.46. The summed E-state index contributed by atoms with van der Waals surface area (Å²) in [6, 6.07) is 10.6. The van der Waals surface area contributed by atoms with Crippen molar-refractivity contribution in [1.82, 2.24) is 15.0 Å². The van der Waals surface area contributed by atoms with Crippen molar-refractivity contribution in [3.8, 4) is 11.3 Å². The fourth-order valence-electron chi connectivity index (χ4n) is 4.17. The second kappa shape index (κ2) is 9.82. The number of ketones is 1. The molecule has 0 radical (unpaired) electrons. The smallest absolute Gasteiger partial charge is 0.294 e. The van der Waals surface area contributed by atoms with Gasteiger partial charge in [0.25, 0.3) is 0 Å². The molecular weight excluding hydrogens is 508 g/mol. The van der Waals surface area contributed by atoms with E-state index in [-0.39, 0.29) is 16.1 Å². The Balaban J connectivity index is 1.43. The summed E-state index contributed by atoms with van der Waals surface area (Å²) >= 11 is 5.80. The van der Waals surface area contributed by atoms with Crippen LogP contribution in [0.5, 0.6) is 0 Å². The minimum Gasteiger partial charge on any atom is -0.294 e. The first kappa shape index (κ1) is 24.7. The Morgan fingerprint density at radius 2 is 1.86 bits per heavy atom. The van der Waals surface area contributed by atoms with Crippen molar-refractivity contribution in [2.24, 2.45) is 4.99 Å². The van der Waals surface area contributed by atoms with Crippen LogP contribution < -0.4 is 0 Å². The van der Waals surface area contributed by atoms with E-state index in [1.54, 1.807) is 24.5 Å². The van der Waals surface area contributed by atoms with E-state index in [4.69, 9.17) is 11.6 Å². The molecule has 186 valence electrons.